The molecule has 6 nitrogen and oxygen atoms in total. The van der Waals surface area contributed by atoms with Gasteiger partial charge in [0.05, 0.1) is 0 Å². The molecule has 0 aromatic heterocycles. The van der Waals surface area contributed by atoms with E-state index in [0.717, 1.165) is 11.3 Å². The molecule has 8 heteroatoms. The summed E-state index contributed by atoms with van der Waals surface area (Å²) in [6.45, 7) is 0. The van der Waals surface area contributed by atoms with Gasteiger partial charge in [-0.1, -0.05) is 0 Å². The summed E-state index contributed by atoms with van der Waals surface area (Å²) < 4.78 is 10.2. The van der Waals surface area contributed by atoms with E-state index in [1.165, 1.54) is 4.91 Å². The fourth-order valence-electron chi connectivity index (χ4n) is 0.710. The molecular weight excluding hydrogens is 313 g/mol. The van der Waals surface area contributed by atoms with E-state index in [1.807, 2.05) is 0 Å². The number of hydrogen-bond acceptors (Lipinski definition) is 4. The van der Waals surface area contributed by atoms with Crippen LogP contribution >= 0.6 is 0 Å². The molecule has 3 radical (unpaired) electrons. The number of rotatable bonds is 4. The van der Waals surface area contributed by atoms with Crippen LogP contribution in [-0.2, 0) is 16.1 Å². The first-order valence-electron chi connectivity index (χ1n) is 3.57. The Balaban J connectivity index is 0.00000169. The molecule has 0 aromatic carbocycles. The second-order valence-electron chi connectivity index (χ2n) is 2.24. The molecule has 1 aliphatic rings. The van der Waals surface area contributed by atoms with E-state index in [4.69, 9.17) is 11.7 Å². The maximum atomic E-state index is 10.6. The van der Waals surface area contributed by atoms with Crippen LogP contribution in [0, 0.1) is 0 Å². The Kier molecular flexibility index (Phi) is 6.88. The summed E-state index contributed by atoms with van der Waals surface area (Å²) in [7, 11) is 0. The molecule has 1 fully saturated rings. The van der Waals surface area contributed by atoms with Gasteiger partial charge in [-0.2, -0.15) is 0 Å². The maximum absolute atomic E-state index is 10.6. The Hall–Kier alpha value is -0.314. The number of carboxylic acids is 1. The zero-order valence-corrected chi connectivity index (χ0v) is 11.3. The first-order valence-corrected chi connectivity index (χ1v) is 8.83. The zero-order valence-electron chi connectivity index (χ0n) is 7.15. The average Bonchev–Trinajstić information content (AvgIpc) is 2.45. The van der Waals surface area contributed by atoms with Crippen LogP contribution in [-0.4, -0.2) is 53.3 Å². The molecule has 3 N–H and O–H groups in total. The summed E-state index contributed by atoms with van der Waals surface area (Å²) in [6, 6.07) is 0. The van der Waals surface area contributed by atoms with Crippen molar-refractivity contribution >= 4 is 42.7 Å². The van der Waals surface area contributed by atoms with Gasteiger partial charge in [0, 0.05) is 0 Å². The van der Waals surface area contributed by atoms with E-state index in [0.29, 0.717) is 6.42 Å². The second kappa shape index (κ2) is 7.04. The Morgan fingerprint density at radius 3 is 2.93 bits per heavy atom. The topological polar surface area (TPSA) is 104 Å². The molecule has 0 saturated carbocycles. The standard InChI is InChI=1S/C6H7Ge2O5.H2O/c9-5(10)1-3-7-13-8-4-2-6(11)12-8;/h1,3H,2,4H2,(H,9,10);1H2/b3-1+;. The molecular formula is C6H9Ge2O6. The number of carbonyl (C=O) groups excluding carboxylic acids is 1. The van der Waals surface area contributed by atoms with Crippen molar-refractivity contribution in [1.29, 1.82) is 0 Å². The Morgan fingerprint density at radius 2 is 2.43 bits per heavy atom. The van der Waals surface area contributed by atoms with Crippen molar-refractivity contribution in [3.05, 3.63) is 11.0 Å². The molecule has 0 atom stereocenters. The third kappa shape index (κ3) is 5.42. The Morgan fingerprint density at radius 1 is 1.71 bits per heavy atom. The van der Waals surface area contributed by atoms with E-state index in [1.54, 1.807) is 0 Å². The monoisotopic (exact) mass is 325 g/mol. The normalized spacial score (nSPS) is 16.7. The van der Waals surface area contributed by atoms with Crippen LogP contribution < -0.4 is 0 Å². The van der Waals surface area contributed by atoms with Crippen LogP contribution in [0.2, 0.25) is 5.25 Å². The summed E-state index contributed by atoms with van der Waals surface area (Å²) in [5, 5.41) is 8.99. The summed E-state index contributed by atoms with van der Waals surface area (Å²) in [4.78, 5) is 22.2. The van der Waals surface area contributed by atoms with Crippen LogP contribution in [0.1, 0.15) is 6.42 Å². The van der Waals surface area contributed by atoms with Crippen molar-refractivity contribution in [3.8, 4) is 0 Å². The first kappa shape index (κ1) is 13.7. The van der Waals surface area contributed by atoms with Gasteiger partial charge in [-0.05, 0) is 0 Å². The van der Waals surface area contributed by atoms with Gasteiger partial charge >= 0.3 is 86.6 Å². The second-order valence-corrected chi connectivity index (χ2v) is 9.12. The molecule has 1 saturated heterocycles. The molecule has 1 rings (SSSR count). The predicted molar refractivity (Wildman–Crippen MR) is 48.5 cm³/mol. The minimum absolute atomic E-state index is 0. The fourth-order valence-corrected chi connectivity index (χ4v) is 7.43. The fraction of sp³-hybridized carbons (Fsp3) is 0.333. The molecule has 77 valence electrons. The van der Waals surface area contributed by atoms with Crippen LogP contribution in [0.25, 0.3) is 0 Å². The third-order valence-electron chi connectivity index (χ3n) is 1.23. The van der Waals surface area contributed by atoms with Crippen molar-refractivity contribution < 1.29 is 26.7 Å². The van der Waals surface area contributed by atoms with Crippen molar-refractivity contribution in [2.75, 3.05) is 0 Å². The van der Waals surface area contributed by atoms with Gasteiger partial charge in [0.15, 0.2) is 0 Å². The molecule has 14 heavy (non-hydrogen) atoms. The Labute approximate surface area is 92.2 Å². The van der Waals surface area contributed by atoms with Crippen LogP contribution in [0.5, 0.6) is 0 Å². The molecule has 0 amide bonds. The molecule has 0 unspecified atom stereocenters. The van der Waals surface area contributed by atoms with Gasteiger partial charge in [0.2, 0.25) is 0 Å². The number of carbonyl (C=O) groups is 2. The number of hydrogen-bond donors (Lipinski definition) is 1. The van der Waals surface area contributed by atoms with Crippen LogP contribution in [0.4, 0.5) is 0 Å². The van der Waals surface area contributed by atoms with Crippen molar-refractivity contribution in [2.24, 2.45) is 0 Å². The molecule has 0 aromatic rings. The van der Waals surface area contributed by atoms with Gasteiger partial charge in [-0.3, -0.25) is 0 Å². The predicted octanol–water partition coefficient (Wildman–Crippen LogP) is -1.17. The van der Waals surface area contributed by atoms with Gasteiger partial charge in [-0.25, -0.2) is 0 Å². The molecule has 1 heterocycles. The molecule has 0 spiro atoms. The number of carboxylic acid groups (broad SMARTS) is 1. The zero-order chi connectivity index (χ0) is 9.68. The van der Waals surface area contributed by atoms with E-state index >= 15 is 0 Å². The summed E-state index contributed by atoms with van der Waals surface area (Å²) >= 11 is -2.83. The van der Waals surface area contributed by atoms with E-state index in [-0.39, 0.29) is 11.4 Å². The van der Waals surface area contributed by atoms with E-state index in [9.17, 15) is 9.59 Å². The quantitative estimate of drug-likeness (QED) is 0.519. The van der Waals surface area contributed by atoms with Crippen molar-refractivity contribution in [2.45, 2.75) is 11.7 Å². The summed E-state index contributed by atoms with van der Waals surface area (Å²) in [5.74, 6) is -1.15. The SMILES string of the molecule is O.O=C(O)/C=[CH]/[Ge][O][Ge]1[CH2]CC(=O)[O]1. The summed E-state index contributed by atoms with van der Waals surface area (Å²) in [5.41, 5.74) is 0. The average molecular weight is 322 g/mol. The van der Waals surface area contributed by atoms with Crippen LogP contribution in [0.3, 0.4) is 0 Å². The number of aliphatic carboxylic acids is 1. The van der Waals surface area contributed by atoms with Crippen molar-refractivity contribution in [3.63, 3.8) is 0 Å². The molecule has 1 aliphatic heterocycles. The van der Waals surface area contributed by atoms with Crippen molar-refractivity contribution in [1.82, 2.24) is 0 Å². The van der Waals surface area contributed by atoms with Gasteiger partial charge in [-0.15, -0.1) is 0 Å². The first-order chi connectivity index (χ1) is 6.18. The van der Waals surface area contributed by atoms with E-state index in [2.05, 4.69) is 0 Å². The van der Waals surface area contributed by atoms with Gasteiger partial charge in [0.1, 0.15) is 0 Å². The van der Waals surface area contributed by atoms with Crippen LogP contribution in [0.15, 0.2) is 11.0 Å². The summed E-state index contributed by atoms with van der Waals surface area (Å²) in [6.07, 6.45) is 1.53. The van der Waals surface area contributed by atoms with E-state index < -0.39 is 36.8 Å². The van der Waals surface area contributed by atoms with Gasteiger partial charge < -0.3 is 5.48 Å². The molecule has 0 aliphatic carbocycles. The third-order valence-corrected chi connectivity index (χ3v) is 8.69. The Bertz CT molecular complexity index is 240. The van der Waals surface area contributed by atoms with Gasteiger partial charge in [0.25, 0.3) is 0 Å². The minimum atomic E-state index is -2.00. The molecule has 0 bridgehead atoms.